The number of carbonyl (C=O) groups excluding carboxylic acids is 1. The number of amides is 1. The van der Waals surface area contributed by atoms with Crippen LogP contribution in [0.3, 0.4) is 0 Å². The van der Waals surface area contributed by atoms with Crippen LogP contribution in [0.5, 0.6) is 0 Å². The van der Waals surface area contributed by atoms with Crippen LogP contribution in [0.15, 0.2) is 18.2 Å². The second-order valence-electron chi connectivity index (χ2n) is 6.74. The van der Waals surface area contributed by atoms with Gasteiger partial charge in [-0.15, -0.1) is 0 Å². The Morgan fingerprint density at radius 3 is 2.70 bits per heavy atom. The molecule has 124 valence electrons. The van der Waals surface area contributed by atoms with E-state index in [-0.39, 0.29) is 18.0 Å². The maximum atomic E-state index is 12.5. The van der Waals surface area contributed by atoms with Gasteiger partial charge in [0, 0.05) is 25.2 Å². The minimum Gasteiger partial charge on any atom is -0.389 e. The molecule has 1 heterocycles. The average molecular weight is 318 g/mol. The molecule has 1 N–H and O–H groups in total. The predicted molar refractivity (Wildman–Crippen MR) is 84.9 cm³/mol. The van der Waals surface area contributed by atoms with E-state index in [1.54, 1.807) is 17.0 Å². The third kappa shape index (κ3) is 3.52. The molecule has 0 aromatic heterocycles. The van der Waals surface area contributed by atoms with E-state index in [1.165, 1.54) is 6.07 Å². The zero-order chi connectivity index (χ0) is 16.4. The first-order valence-corrected chi connectivity index (χ1v) is 8.23. The van der Waals surface area contributed by atoms with Crippen molar-refractivity contribution in [3.63, 3.8) is 0 Å². The molecule has 1 saturated carbocycles. The topological polar surface area (TPSA) is 83.7 Å². The number of nitro benzene ring substituents is 1. The van der Waals surface area contributed by atoms with Crippen LogP contribution in [0.4, 0.5) is 5.69 Å². The van der Waals surface area contributed by atoms with Crippen molar-refractivity contribution in [2.75, 3.05) is 6.54 Å². The summed E-state index contributed by atoms with van der Waals surface area (Å²) in [6.45, 7) is 1.01. The Balaban J connectivity index is 1.69. The van der Waals surface area contributed by atoms with Crippen molar-refractivity contribution in [1.82, 2.24) is 4.90 Å². The number of hydrogen-bond donors (Lipinski definition) is 1. The quantitative estimate of drug-likeness (QED) is 0.686. The molecule has 0 atom stereocenters. The van der Waals surface area contributed by atoms with Crippen LogP contribution < -0.4 is 0 Å². The number of nitrogens with zero attached hydrogens (tertiary/aromatic N) is 2. The standard InChI is InChI=1S/C17H22N2O4/c20-16(11-17(21)7-2-1-3-8-17)18-9-6-13-4-5-15(19(22)23)10-14(13)12-18/h4-5,10,21H,1-3,6-9,11-12H2. The lowest BCUT2D eigenvalue weighted by Gasteiger charge is -2.35. The van der Waals surface area contributed by atoms with Crippen LogP contribution in [0.1, 0.15) is 49.7 Å². The van der Waals surface area contributed by atoms with Gasteiger partial charge < -0.3 is 10.0 Å². The minimum atomic E-state index is -0.863. The lowest BCUT2D eigenvalue weighted by Crippen LogP contribution is -2.42. The maximum Gasteiger partial charge on any atom is 0.269 e. The first-order chi connectivity index (χ1) is 11.0. The number of fused-ring (bicyclic) bond motifs is 1. The molecular weight excluding hydrogens is 296 g/mol. The van der Waals surface area contributed by atoms with E-state index in [2.05, 4.69) is 0 Å². The molecule has 0 bridgehead atoms. The Hall–Kier alpha value is -1.95. The molecule has 6 nitrogen and oxygen atoms in total. The number of non-ortho nitro benzene ring substituents is 1. The van der Waals surface area contributed by atoms with Crippen LogP contribution in [-0.4, -0.2) is 33.0 Å². The first-order valence-electron chi connectivity index (χ1n) is 8.23. The molecule has 0 radical (unpaired) electrons. The van der Waals surface area contributed by atoms with Gasteiger partial charge in [-0.2, -0.15) is 0 Å². The molecule has 1 amide bonds. The molecule has 2 aliphatic rings. The van der Waals surface area contributed by atoms with E-state index >= 15 is 0 Å². The second kappa shape index (κ2) is 6.28. The molecule has 3 rings (SSSR count). The number of rotatable bonds is 3. The molecule has 1 fully saturated rings. The van der Waals surface area contributed by atoms with Crippen molar-refractivity contribution >= 4 is 11.6 Å². The minimum absolute atomic E-state index is 0.0495. The van der Waals surface area contributed by atoms with Gasteiger partial charge in [0.15, 0.2) is 0 Å². The summed E-state index contributed by atoms with van der Waals surface area (Å²) in [4.78, 5) is 24.7. The van der Waals surface area contributed by atoms with Gasteiger partial charge in [0.1, 0.15) is 0 Å². The van der Waals surface area contributed by atoms with Gasteiger partial charge >= 0.3 is 0 Å². The van der Waals surface area contributed by atoms with Crippen molar-refractivity contribution in [2.24, 2.45) is 0 Å². The highest BCUT2D eigenvalue weighted by Gasteiger charge is 2.34. The van der Waals surface area contributed by atoms with E-state index in [9.17, 15) is 20.0 Å². The summed E-state index contributed by atoms with van der Waals surface area (Å²) in [6.07, 6.45) is 5.31. The lowest BCUT2D eigenvalue weighted by atomic mass is 9.82. The summed E-state index contributed by atoms with van der Waals surface area (Å²) in [5.41, 5.74) is 1.10. The number of hydrogen-bond acceptors (Lipinski definition) is 4. The Labute approximate surface area is 135 Å². The summed E-state index contributed by atoms with van der Waals surface area (Å²) in [5, 5.41) is 21.4. The number of aliphatic hydroxyl groups is 1. The SMILES string of the molecule is O=C(CC1(O)CCCCC1)N1CCc2ccc([N+](=O)[O-])cc2C1. The lowest BCUT2D eigenvalue weighted by molar-refractivity contribution is -0.385. The van der Waals surface area contributed by atoms with Crippen molar-refractivity contribution in [1.29, 1.82) is 0 Å². The van der Waals surface area contributed by atoms with E-state index in [4.69, 9.17) is 0 Å². The molecule has 1 aromatic carbocycles. The summed E-state index contributed by atoms with van der Waals surface area (Å²) in [7, 11) is 0. The summed E-state index contributed by atoms with van der Waals surface area (Å²) >= 11 is 0. The zero-order valence-corrected chi connectivity index (χ0v) is 13.2. The smallest absolute Gasteiger partial charge is 0.269 e. The molecule has 1 aromatic rings. The molecule has 23 heavy (non-hydrogen) atoms. The number of nitro groups is 1. The molecule has 1 aliphatic heterocycles. The van der Waals surface area contributed by atoms with Gasteiger partial charge in [-0.1, -0.05) is 25.3 Å². The largest absolute Gasteiger partial charge is 0.389 e. The van der Waals surface area contributed by atoms with Crippen molar-refractivity contribution in [3.05, 3.63) is 39.4 Å². The first kappa shape index (κ1) is 15.9. The van der Waals surface area contributed by atoms with Crippen molar-refractivity contribution in [3.8, 4) is 0 Å². The second-order valence-corrected chi connectivity index (χ2v) is 6.74. The van der Waals surface area contributed by atoms with Gasteiger partial charge in [0.05, 0.1) is 16.9 Å². The normalized spacial score (nSPS) is 20.0. The fraction of sp³-hybridized carbons (Fsp3) is 0.588. The Kier molecular flexibility index (Phi) is 4.35. The van der Waals surface area contributed by atoms with Gasteiger partial charge in [-0.25, -0.2) is 0 Å². The summed E-state index contributed by atoms with van der Waals surface area (Å²) < 4.78 is 0. The number of carbonyl (C=O) groups is 1. The average Bonchev–Trinajstić information content (AvgIpc) is 2.54. The summed E-state index contributed by atoms with van der Waals surface area (Å²) in [5.74, 6) is -0.0495. The van der Waals surface area contributed by atoms with Crippen LogP contribution in [-0.2, 0) is 17.8 Å². The van der Waals surface area contributed by atoms with Gasteiger partial charge in [0.25, 0.3) is 5.69 Å². The molecular formula is C17H22N2O4. The van der Waals surface area contributed by atoms with Crippen molar-refractivity contribution in [2.45, 2.75) is 57.1 Å². The molecule has 0 spiro atoms. The van der Waals surface area contributed by atoms with E-state index < -0.39 is 10.5 Å². The summed E-state index contributed by atoms with van der Waals surface area (Å²) in [6, 6.07) is 4.86. The molecule has 0 unspecified atom stereocenters. The highest BCUT2D eigenvalue weighted by atomic mass is 16.6. The fourth-order valence-electron chi connectivity index (χ4n) is 3.65. The molecule has 0 saturated heterocycles. The van der Waals surface area contributed by atoms with E-state index in [0.29, 0.717) is 32.4 Å². The van der Waals surface area contributed by atoms with Gasteiger partial charge in [-0.05, 0) is 30.4 Å². The molecule has 6 heteroatoms. The Morgan fingerprint density at radius 1 is 1.26 bits per heavy atom. The monoisotopic (exact) mass is 318 g/mol. The third-order valence-corrected chi connectivity index (χ3v) is 5.03. The van der Waals surface area contributed by atoms with Crippen LogP contribution >= 0.6 is 0 Å². The van der Waals surface area contributed by atoms with Crippen LogP contribution in [0.2, 0.25) is 0 Å². The molecule has 1 aliphatic carbocycles. The Morgan fingerprint density at radius 2 is 2.00 bits per heavy atom. The highest BCUT2D eigenvalue weighted by molar-refractivity contribution is 5.77. The third-order valence-electron chi connectivity index (χ3n) is 5.03. The predicted octanol–water partition coefficient (Wildman–Crippen LogP) is 2.56. The van der Waals surface area contributed by atoms with Crippen LogP contribution in [0, 0.1) is 10.1 Å². The highest BCUT2D eigenvalue weighted by Crippen LogP contribution is 2.32. The fourth-order valence-corrected chi connectivity index (χ4v) is 3.65. The maximum absolute atomic E-state index is 12.5. The van der Waals surface area contributed by atoms with Crippen molar-refractivity contribution < 1.29 is 14.8 Å². The van der Waals surface area contributed by atoms with Crippen LogP contribution in [0.25, 0.3) is 0 Å². The van der Waals surface area contributed by atoms with E-state index in [1.807, 2.05) is 0 Å². The number of benzene rings is 1. The van der Waals surface area contributed by atoms with Gasteiger partial charge in [-0.3, -0.25) is 14.9 Å². The zero-order valence-electron chi connectivity index (χ0n) is 13.2. The van der Waals surface area contributed by atoms with Gasteiger partial charge in [0.2, 0.25) is 5.91 Å². The Bertz CT molecular complexity index is 623. The van der Waals surface area contributed by atoms with E-state index in [0.717, 1.165) is 30.4 Å².